The minimum Gasteiger partial charge on any atom is -0.396 e. The van der Waals surface area contributed by atoms with Gasteiger partial charge in [-0.1, -0.05) is 0 Å². The quantitative estimate of drug-likeness (QED) is 0.880. The predicted octanol–water partition coefficient (Wildman–Crippen LogP) is 2.01. The molecule has 18 heavy (non-hydrogen) atoms. The highest BCUT2D eigenvalue weighted by Crippen LogP contribution is 2.35. The van der Waals surface area contributed by atoms with Gasteiger partial charge in [-0.2, -0.15) is 18.4 Å². The molecule has 6 heteroatoms. The molecule has 0 aliphatic carbocycles. The van der Waals surface area contributed by atoms with Crippen LogP contribution in [0.5, 0.6) is 0 Å². The highest BCUT2D eigenvalue weighted by Gasteiger charge is 2.35. The van der Waals surface area contributed by atoms with Crippen molar-refractivity contribution in [2.75, 3.05) is 24.6 Å². The van der Waals surface area contributed by atoms with Crippen LogP contribution in [0.1, 0.15) is 11.1 Å². The summed E-state index contributed by atoms with van der Waals surface area (Å²) in [6, 6.07) is 5.22. The first-order chi connectivity index (χ1) is 8.45. The largest absolute Gasteiger partial charge is 0.417 e. The van der Waals surface area contributed by atoms with Crippen LogP contribution >= 0.6 is 0 Å². The number of nitriles is 1. The first-order valence-electron chi connectivity index (χ1n) is 5.43. The number of aliphatic hydroxyl groups is 1. The molecule has 96 valence electrons. The fraction of sp³-hybridized carbons (Fsp3) is 0.417. The second-order valence-electron chi connectivity index (χ2n) is 4.29. The maximum atomic E-state index is 12.7. The van der Waals surface area contributed by atoms with Gasteiger partial charge in [0.1, 0.15) is 0 Å². The highest BCUT2D eigenvalue weighted by atomic mass is 19.4. The van der Waals surface area contributed by atoms with Crippen molar-refractivity contribution in [1.82, 2.24) is 0 Å². The number of hydrogen-bond acceptors (Lipinski definition) is 3. The van der Waals surface area contributed by atoms with Crippen LogP contribution in [0.3, 0.4) is 0 Å². The summed E-state index contributed by atoms with van der Waals surface area (Å²) in [6.45, 7) is 1.12. The molecule has 0 atom stereocenters. The Bertz CT molecular complexity index is 487. The SMILES string of the molecule is N#Cc1ccc(N2CC(CO)C2)cc1C(F)(F)F. The Hall–Kier alpha value is -1.74. The minimum absolute atomic E-state index is 0.0406. The molecule has 0 bridgehead atoms. The van der Waals surface area contributed by atoms with E-state index >= 15 is 0 Å². The number of nitrogens with zero attached hydrogens (tertiary/aromatic N) is 2. The minimum atomic E-state index is -4.53. The summed E-state index contributed by atoms with van der Waals surface area (Å²) < 4.78 is 38.2. The third-order valence-corrected chi connectivity index (χ3v) is 3.01. The van der Waals surface area contributed by atoms with E-state index in [0.717, 1.165) is 6.07 Å². The van der Waals surface area contributed by atoms with Gasteiger partial charge in [-0.15, -0.1) is 0 Å². The monoisotopic (exact) mass is 256 g/mol. The molecule has 1 aliphatic rings. The van der Waals surface area contributed by atoms with Gasteiger partial charge in [0.15, 0.2) is 0 Å². The van der Waals surface area contributed by atoms with Crippen molar-refractivity contribution in [1.29, 1.82) is 5.26 Å². The number of anilines is 1. The smallest absolute Gasteiger partial charge is 0.396 e. The zero-order valence-corrected chi connectivity index (χ0v) is 9.41. The molecular formula is C12H11F3N2O. The van der Waals surface area contributed by atoms with Crippen molar-refractivity contribution < 1.29 is 18.3 Å². The molecule has 1 fully saturated rings. The molecule has 1 aromatic rings. The van der Waals surface area contributed by atoms with Crippen LogP contribution in [0.15, 0.2) is 18.2 Å². The molecule has 0 amide bonds. The summed E-state index contributed by atoms with van der Waals surface area (Å²) in [5, 5.41) is 17.5. The Morgan fingerprint density at radius 2 is 2.06 bits per heavy atom. The lowest BCUT2D eigenvalue weighted by atomic mass is 9.98. The Morgan fingerprint density at radius 3 is 2.56 bits per heavy atom. The first-order valence-corrected chi connectivity index (χ1v) is 5.43. The van der Waals surface area contributed by atoms with Gasteiger partial charge in [0.25, 0.3) is 0 Å². The van der Waals surface area contributed by atoms with E-state index in [1.54, 1.807) is 11.0 Å². The van der Waals surface area contributed by atoms with E-state index in [1.807, 2.05) is 0 Å². The fourth-order valence-electron chi connectivity index (χ4n) is 1.96. The zero-order chi connectivity index (χ0) is 13.3. The molecule has 0 spiro atoms. The lowest BCUT2D eigenvalue weighted by Gasteiger charge is -2.40. The molecule has 0 aromatic heterocycles. The van der Waals surface area contributed by atoms with Gasteiger partial charge in [0.2, 0.25) is 0 Å². The van der Waals surface area contributed by atoms with Gasteiger partial charge >= 0.3 is 6.18 Å². The van der Waals surface area contributed by atoms with Crippen molar-refractivity contribution in [3.63, 3.8) is 0 Å². The zero-order valence-electron chi connectivity index (χ0n) is 9.41. The second-order valence-corrected chi connectivity index (χ2v) is 4.29. The number of alkyl halides is 3. The molecule has 1 heterocycles. The topological polar surface area (TPSA) is 47.3 Å². The van der Waals surface area contributed by atoms with Crippen molar-refractivity contribution in [2.24, 2.45) is 5.92 Å². The van der Waals surface area contributed by atoms with Crippen molar-refractivity contribution in [2.45, 2.75) is 6.18 Å². The molecule has 1 saturated heterocycles. The highest BCUT2D eigenvalue weighted by molar-refractivity contribution is 5.56. The van der Waals surface area contributed by atoms with E-state index in [9.17, 15) is 13.2 Å². The van der Waals surface area contributed by atoms with E-state index in [0.29, 0.717) is 18.8 Å². The van der Waals surface area contributed by atoms with Crippen molar-refractivity contribution >= 4 is 5.69 Å². The number of rotatable bonds is 2. The van der Waals surface area contributed by atoms with E-state index in [4.69, 9.17) is 10.4 Å². The number of benzene rings is 1. The summed E-state index contributed by atoms with van der Waals surface area (Å²) in [4.78, 5) is 1.75. The lowest BCUT2D eigenvalue weighted by Crippen LogP contribution is -2.48. The first kappa shape index (κ1) is 12.7. The Kier molecular flexibility index (Phi) is 3.18. The maximum absolute atomic E-state index is 12.7. The molecular weight excluding hydrogens is 245 g/mol. The Labute approximate surface area is 102 Å². The van der Waals surface area contributed by atoms with Crippen LogP contribution in [0.2, 0.25) is 0 Å². The number of aliphatic hydroxyl groups excluding tert-OH is 1. The number of halogens is 3. The van der Waals surface area contributed by atoms with Gasteiger partial charge in [0.05, 0.1) is 17.2 Å². The van der Waals surface area contributed by atoms with Crippen molar-refractivity contribution in [3.8, 4) is 6.07 Å². The number of hydrogen-bond donors (Lipinski definition) is 1. The summed E-state index contributed by atoms with van der Waals surface area (Å²) in [7, 11) is 0. The molecule has 1 aliphatic heterocycles. The summed E-state index contributed by atoms with van der Waals surface area (Å²) in [6.07, 6.45) is -4.53. The van der Waals surface area contributed by atoms with E-state index in [2.05, 4.69) is 0 Å². The average Bonchev–Trinajstić information content (AvgIpc) is 2.26. The van der Waals surface area contributed by atoms with Crippen LogP contribution in [-0.4, -0.2) is 24.8 Å². The molecule has 3 nitrogen and oxygen atoms in total. The third kappa shape index (κ3) is 2.27. The van der Waals surface area contributed by atoms with Crippen LogP contribution in [0.4, 0.5) is 18.9 Å². The molecule has 0 unspecified atom stereocenters. The van der Waals surface area contributed by atoms with Gasteiger partial charge in [-0.05, 0) is 18.2 Å². The summed E-state index contributed by atoms with van der Waals surface area (Å²) in [5.41, 5.74) is -0.841. The van der Waals surface area contributed by atoms with Crippen LogP contribution < -0.4 is 4.90 Å². The van der Waals surface area contributed by atoms with Crippen LogP contribution in [-0.2, 0) is 6.18 Å². The average molecular weight is 256 g/mol. The predicted molar refractivity (Wildman–Crippen MR) is 58.9 cm³/mol. The maximum Gasteiger partial charge on any atom is 0.417 e. The summed E-state index contributed by atoms with van der Waals surface area (Å²) in [5.74, 6) is 0.120. The lowest BCUT2D eigenvalue weighted by molar-refractivity contribution is -0.137. The van der Waals surface area contributed by atoms with Gasteiger partial charge in [0, 0.05) is 31.3 Å². The fourth-order valence-corrected chi connectivity index (χ4v) is 1.96. The molecule has 0 radical (unpaired) electrons. The molecule has 2 rings (SSSR count). The van der Waals surface area contributed by atoms with Crippen molar-refractivity contribution in [3.05, 3.63) is 29.3 Å². The van der Waals surface area contributed by atoms with Gasteiger partial charge in [-0.25, -0.2) is 0 Å². The summed E-state index contributed by atoms with van der Waals surface area (Å²) >= 11 is 0. The standard InChI is InChI=1S/C12H11F3N2O/c13-12(14,15)11-3-10(2-1-9(11)4-16)17-5-8(6-17)7-18/h1-3,8,18H,5-7H2. The Morgan fingerprint density at radius 1 is 1.39 bits per heavy atom. The molecule has 1 aromatic carbocycles. The van der Waals surface area contributed by atoms with E-state index in [1.165, 1.54) is 12.1 Å². The Balaban J connectivity index is 2.28. The molecule has 0 saturated carbocycles. The van der Waals surface area contributed by atoms with Crippen LogP contribution in [0.25, 0.3) is 0 Å². The third-order valence-electron chi connectivity index (χ3n) is 3.01. The van der Waals surface area contributed by atoms with Gasteiger partial charge < -0.3 is 10.0 Å². The van der Waals surface area contributed by atoms with Gasteiger partial charge in [-0.3, -0.25) is 0 Å². The van der Waals surface area contributed by atoms with E-state index in [-0.39, 0.29) is 18.1 Å². The normalized spacial score (nSPS) is 16.3. The second kappa shape index (κ2) is 4.50. The van der Waals surface area contributed by atoms with E-state index < -0.39 is 11.7 Å². The van der Waals surface area contributed by atoms with Crippen LogP contribution in [0, 0.1) is 17.2 Å². The molecule has 1 N–H and O–H groups in total.